The monoisotopic (exact) mass is 212 g/mol. The molecule has 0 aliphatic rings. The van der Waals surface area contributed by atoms with Crippen LogP contribution in [0.3, 0.4) is 0 Å². The minimum absolute atomic E-state index is 0.155. The van der Waals surface area contributed by atoms with Crippen molar-refractivity contribution in [3.05, 3.63) is 66.0 Å². The molecule has 1 aromatic carbocycles. The predicted octanol–water partition coefficient (Wildman–Crippen LogP) is 1.94. The van der Waals surface area contributed by atoms with Gasteiger partial charge in [-0.3, -0.25) is 4.79 Å². The summed E-state index contributed by atoms with van der Waals surface area (Å²) in [6, 6.07) is 13.5. The van der Waals surface area contributed by atoms with Crippen LogP contribution in [-0.2, 0) is 13.5 Å². The lowest BCUT2D eigenvalue weighted by Crippen LogP contribution is -2.28. The lowest BCUT2D eigenvalue weighted by molar-refractivity contribution is -0.671. The third-order valence-corrected chi connectivity index (χ3v) is 2.47. The number of rotatable bonds is 3. The quantitative estimate of drug-likeness (QED) is 0.562. The van der Waals surface area contributed by atoms with Gasteiger partial charge in [0.25, 0.3) is 0 Å². The van der Waals surface area contributed by atoms with E-state index < -0.39 is 0 Å². The molecule has 2 aromatic rings. The molecule has 1 aromatic heterocycles. The van der Waals surface area contributed by atoms with Crippen molar-refractivity contribution in [2.24, 2.45) is 7.05 Å². The van der Waals surface area contributed by atoms with Crippen molar-refractivity contribution in [2.75, 3.05) is 0 Å². The van der Waals surface area contributed by atoms with Gasteiger partial charge in [0.2, 0.25) is 0 Å². The molecular weight excluding hydrogens is 198 g/mol. The second kappa shape index (κ2) is 4.71. The number of aromatic nitrogens is 1. The minimum atomic E-state index is 0.155. The lowest BCUT2D eigenvalue weighted by Gasteiger charge is -1.99. The Labute approximate surface area is 95.2 Å². The van der Waals surface area contributed by atoms with Crippen molar-refractivity contribution in [1.82, 2.24) is 0 Å². The fourth-order valence-electron chi connectivity index (χ4n) is 1.64. The highest BCUT2D eigenvalue weighted by molar-refractivity contribution is 5.96. The van der Waals surface area contributed by atoms with Crippen LogP contribution < -0.4 is 4.57 Å². The van der Waals surface area contributed by atoms with E-state index in [0.717, 1.165) is 11.1 Å². The van der Waals surface area contributed by atoms with Gasteiger partial charge in [0.15, 0.2) is 18.2 Å². The van der Waals surface area contributed by atoms with Gasteiger partial charge in [-0.05, 0) is 11.6 Å². The van der Waals surface area contributed by atoms with Crippen LogP contribution in [-0.4, -0.2) is 5.78 Å². The van der Waals surface area contributed by atoms with Crippen LogP contribution in [0.15, 0.2) is 54.9 Å². The van der Waals surface area contributed by atoms with E-state index in [4.69, 9.17) is 0 Å². The van der Waals surface area contributed by atoms with Gasteiger partial charge in [0.1, 0.15) is 7.05 Å². The Morgan fingerprint density at radius 1 is 1.12 bits per heavy atom. The van der Waals surface area contributed by atoms with E-state index in [1.54, 1.807) is 0 Å². The van der Waals surface area contributed by atoms with Crippen LogP contribution in [0.1, 0.15) is 15.9 Å². The zero-order chi connectivity index (χ0) is 11.4. The number of carbonyl (C=O) groups is 1. The fraction of sp³-hybridized carbons (Fsp3) is 0.143. The highest BCUT2D eigenvalue weighted by Gasteiger charge is 2.09. The normalized spacial score (nSPS) is 10.1. The Balaban J connectivity index is 2.15. The summed E-state index contributed by atoms with van der Waals surface area (Å²) in [6.07, 6.45) is 4.23. The van der Waals surface area contributed by atoms with Gasteiger partial charge >= 0.3 is 0 Å². The number of Topliss-reactive ketones (excluding diaryl/α,β-unsaturated/α-hetero) is 1. The molecule has 0 unspecified atom stereocenters. The van der Waals surface area contributed by atoms with Crippen LogP contribution in [0.25, 0.3) is 0 Å². The fourth-order valence-corrected chi connectivity index (χ4v) is 1.64. The largest absolute Gasteiger partial charge is 0.294 e. The molecule has 0 spiro atoms. The topological polar surface area (TPSA) is 20.9 Å². The minimum Gasteiger partial charge on any atom is -0.294 e. The Kier molecular flexibility index (Phi) is 3.10. The average Bonchev–Trinajstić information content (AvgIpc) is 2.30. The predicted molar refractivity (Wildman–Crippen MR) is 62.1 cm³/mol. The Bertz CT molecular complexity index is 491. The van der Waals surface area contributed by atoms with Gasteiger partial charge in [-0.2, -0.15) is 0 Å². The maximum atomic E-state index is 12.0. The van der Waals surface area contributed by atoms with Gasteiger partial charge in [-0.25, -0.2) is 4.57 Å². The number of carbonyl (C=O) groups excluding carboxylic acids is 1. The first-order valence-electron chi connectivity index (χ1n) is 5.28. The van der Waals surface area contributed by atoms with Gasteiger partial charge in [-0.1, -0.05) is 30.3 Å². The third-order valence-electron chi connectivity index (χ3n) is 2.47. The summed E-state index contributed by atoms with van der Waals surface area (Å²) >= 11 is 0. The van der Waals surface area contributed by atoms with Gasteiger partial charge < -0.3 is 0 Å². The molecule has 2 heteroatoms. The molecule has 0 N–H and O–H groups in total. The Hall–Kier alpha value is -1.96. The van der Waals surface area contributed by atoms with Gasteiger partial charge in [0, 0.05) is 12.5 Å². The van der Waals surface area contributed by atoms with E-state index >= 15 is 0 Å². The molecule has 0 aliphatic heterocycles. The van der Waals surface area contributed by atoms with E-state index in [-0.39, 0.29) is 5.78 Å². The zero-order valence-corrected chi connectivity index (χ0v) is 9.26. The van der Waals surface area contributed by atoms with Crippen LogP contribution in [0.2, 0.25) is 0 Å². The number of nitrogens with zero attached hydrogens (tertiary/aromatic N) is 1. The molecule has 80 valence electrons. The van der Waals surface area contributed by atoms with Crippen LogP contribution in [0.5, 0.6) is 0 Å². The summed E-state index contributed by atoms with van der Waals surface area (Å²) < 4.78 is 1.89. The van der Waals surface area contributed by atoms with Crippen LogP contribution >= 0.6 is 0 Å². The highest BCUT2D eigenvalue weighted by Crippen LogP contribution is 2.05. The maximum Gasteiger partial charge on any atom is 0.179 e. The molecule has 16 heavy (non-hydrogen) atoms. The van der Waals surface area contributed by atoms with Crippen molar-refractivity contribution < 1.29 is 9.36 Å². The van der Waals surface area contributed by atoms with Crippen LogP contribution in [0.4, 0.5) is 0 Å². The smallest absolute Gasteiger partial charge is 0.179 e. The third kappa shape index (κ3) is 2.54. The maximum absolute atomic E-state index is 12.0. The summed E-state index contributed by atoms with van der Waals surface area (Å²) in [4.78, 5) is 12.0. The summed E-state index contributed by atoms with van der Waals surface area (Å²) in [5.41, 5.74) is 1.81. The van der Waals surface area contributed by atoms with Gasteiger partial charge in [-0.15, -0.1) is 0 Å². The first-order valence-corrected chi connectivity index (χ1v) is 5.28. The Morgan fingerprint density at radius 2 is 1.88 bits per heavy atom. The number of hydrogen-bond acceptors (Lipinski definition) is 1. The number of benzene rings is 1. The standard InChI is InChI=1S/C14H14NO/c1-15-9-5-8-13(11-15)14(16)10-12-6-3-2-4-7-12/h2-9,11H,10H2,1H3/q+1. The second-order valence-corrected chi connectivity index (χ2v) is 3.84. The van der Waals surface area contributed by atoms with Crippen molar-refractivity contribution in [1.29, 1.82) is 0 Å². The molecule has 0 amide bonds. The molecule has 0 saturated heterocycles. The molecule has 2 rings (SSSR count). The molecule has 2 nitrogen and oxygen atoms in total. The first kappa shape index (κ1) is 10.6. The second-order valence-electron chi connectivity index (χ2n) is 3.84. The van der Waals surface area contributed by atoms with Gasteiger partial charge in [0.05, 0.1) is 5.56 Å². The lowest BCUT2D eigenvalue weighted by atomic mass is 10.0. The highest BCUT2D eigenvalue weighted by atomic mass is 16.1. The number of aryl methyl sites for hydroxylation is 1. The molecule has 0 aliphatic carbocycles. The molecule has 0 atom stereocenters. The van der Waals surface area contributed by atoms with E-state index in [9.17, 15) is 4.79 Å². The molecule has 0 fully saturated rings. The van der Waals surface area contributed by atoms with Crippen molar-refractivity contribution in [3.63, 3.8) is 0 Å². The average molecular weight is 212 g/mol. The SMILES string of the molecule is C[n+]1cccc(C(=O)Cc2ccccc2)c1. The number of hydrogen-bond donors (Lipinski definition) is 0. The molecule has 0 saturated carbocycles. The zero-order valence-electron chi connectivity index (χ0n) is 9.26. The molecule has 1 heterocycles. The summed E-state index contributed by atoms with van der Waals surface area (Å²) in [5.74, 6) is 0.155. The molecule has 0 radical (unpaired) electrons. The number of pyridine rings is 1. The van der Waals surface area contributed by atoms with E-state index in [2.05, 4.69) is 0 Å². The van der Waals surface area contributed by atoms with E-state index in [1.807, 2.05) is 66.5 Å². The molecule has 0 bridgehead atoms. The summed E-state index contributed by atoms with van der Waals surface area (Å²) in [5, 5.41) is 0. The number of ketones is 1. The van der Waals surface area contributed by atoms with E-state index in [0.29, 0.717) is 6.42 Å². The van der Waals surface area contributed by atoms with Crippen molar-refractivity contribution in [3.8, 4) is 0 Å². The van der Waals surface area contributed by atoms with Crippen molar-refractivity contribution >= 4 is 5.78 Å². The van der Waals surface area contributed by atoms with Crippen molar-refractivity contribution in [2.45, 2.75) is 6.42 Å². The Morgan fingerprint density at radius 3 is 2.56 bits per heavy atom. The summed E-state index contributed by atoms with van der Waals surface area (Å²) in [6.45, 7) is 0. The molecular formula is C14H14NO+. The summed E-state index contributed by atoms with van der Waals surface area (Å²) in [7, 11) is 1.92. The first-order chi connectivity index (χ1) is 7.75. The van der Waals surface area contributed by atoms with Crippen LogP contribution in [0, 0.1) is 0 Å². The van der Waals surface area contributed by atoms with E-state index in [1.165, 1.54) is 0 Å².